The van der Waals surface area contributed by atoms with Crippen molar-refractivity contribution < 1.29 is 4.57 Å². The number of aromatic nitrogens is 4. The fraction of sp³-hybridized carbons (Fsp3) is 0.286. The van der Waals surface area contributed by atoms with Gasteiger partial charge < -0.3 is 4.57 Å². The second kappa shape index (κ2) is 4.56. The van der Waals surface area contributed by atoms with Crippen molar-refractivity contribution in [3.8, 4) is 0 Å². The van der Waals surface area contributed by atoms with E-state index in [2.05, 4.69) is 52.6 Å². The molecule has 0 radical (unpaired) electrons. The lowest BCUT2D eigenvalue weighted by atomic mass is 10.2. The average Bonchev–Trinajstić information content (AvgIpc) is 2.94. The van der Waals surface area contributed by atoms with Gasteiger partial charge in [0.1, 0.15) is 0 Å². The Balaban J connectivity index is 1.99. The summed E-state index contributed by atoms with van der Waals surface area (Å²) in [6, 6.07) is 8.37. The maximum absolute atomic E-state index is 4.22. The van der Waals surface area contributed by atoms with Crippen molar-refractivity contribution in [2.75, 3.05) is 17.5 Å². The second-order valence-corrected chi connectivity index (χ2v) is 5.00. The van der Waals surface area contributed by atoms with Crippen LogP contribution < -0.4 is 15.0 Å². The van der Waals surface area contributed by atoms with Gasteiger partial charge in [-0.15, -0.1) is 4.68 Å². The number of hydrazine groups is 1. The third-order valence-electron chi connectivity index (χ3n) is 3.54. The topological polar surface area (TPSA) is 41.9 Å². The summed E-state index contributed by atoms with van der Waals surface area (Å²) in [4.78, 5) is 0. The molecule has 2 aromatic heterocycles. The molecule has 20 heavy (non-hydrogen) atoms. The number of nitrogens with zero attached hydrogens (tertiary/aromatic N) is 5. The predicted octanol–water partition coefficient (Wildman–Crippen LogP) is 1.20. The fourth-order valence-electron chi connectivity index (χ4n) is 2.44. The normalized spacial score (nSPS) is 11.0. The number of fused-ring (bicyclic) bond motifs is 1. The Morgan fingerprint density at radius 3 is 2.70 bits per heavy atom. The van der Waals surface area contributed by atoms with Crippen molar-refractivity contribution >= 4 is 22.5 Å². The molecule has 1 aromatic carbocycles. The minimum atomic E-state index is 0.917. The van der Waals surface area contributed by atoms with Gasteiger partial charge in [0.15, 0.2) is 0 Å². The maximum Gasteiger partial charge on any atom is 0.365 e. The zero-order chi connectivity index (χ0) is 14.3. The molecule has 6 heteroatoms. The average molecular weight is 271 g/mol. The Hall–Kier alpha value is -2.50. The van der Waals surface area contributed by atoms with Gasteiger partial charge in [-0.1, -0.05) is 18.2 Å². The van der Waals surface area contributed by atoms with E-state index in [0.29, 0.717) is 0 Å². The number of anilines is 2. The monoisotopic (exact) mass is 271 g/mol. The quantitative estimate of drug-likeness (QED) is 0.575. The first kappa shape index (κ1) is 12.5. The lowest BCUT2D eigenvalue weighted by Gasteiger charge is -2.16. The van der Waals surface area contributed by atoms with E-state index in [-0.39, 0.29) is 0 Å². The van der Waals surface area contributed by atoms with Crippen molar-refractivity contribution in [3.05, 3.63) is 36.8 Å². The minimum Gasteiger partial charge on any atom is -0.348 e. The smallest absolute Gasteiger partial charge is 0.348 e. The van der Waals surface area contributed by atoms with E-state index < -0.39 is 0 Å². The Kier molecular flexibility index (Phi) is 2.85. The van der Waals surface area contributed by atoms with E-state index >= 15 is 0 Å². The Bertz CT molecular complexity index is 735. The Morgan fingerprint density at radius 1 is 1.25 bits per heavy atom. The molecule has 0 aliphatic carbocycles. The van der Waals surface area contributed by atoms with Crippen LogP contribution in [-0.2, 0) is 21.1 Å². The molecule has 0 aliphatic heterocycles. The van der Waals surface area contributed by atoms with Crippen LogP contribution in [0.1, 0.15) is 0 Å². The van der Waals surface area contributed by atoms with Crippen molar-refractivity contribution in [2.24, 2.45) is 21.1 Å². The number of rotatable bonds is 3. The van der Waals surface area contributed by atoms with Crippen molar-refractivity contribution in [3.63, 3.8) is 0 Å². The van der Waals surface area contributed by atoms with Gasteiger partial charge in [0.2, 0.25) is 6.33 Å². The van der Waals surface area contributed by atoms with E-state index in [1.54, 1.807) is 6.33 Å². The molecule has 3 rings (SSSR count). The lowest BCUT2D eigenvalue weighted by molar-refractivity contribution is -0.657. The van der Waals surface area contributed by atoms with Crippen LogP contribution in [0.25, 0.3) is 10.9 Å². The van der Waals surface area contributed by atoms with Crippen molar-refractivity contribution in [2.45, 2.75) is 0 Å². The summed E-state index contributed by atoms with van der Waals surface area (Å²) < 4.78 is 5.88. The maximum atomic E-state index is 4.22. The molecule has 0 saturated carbocycles. The van der Waals surface area contributed by atoms with Crippen LogP contribution >= 0.6 is 0 Å². The third-order valence-corrected chi connectivity index (χ3v) is 3.54. The Labute approximate surface area is 117 Å². The third kappa shape index (κ3) is 1.89. The van der Waals surface area contributed by atoms with Crippen LogP contribution in [0.2, 0.25) is 0 Å². The van der Waals surface area contributed by atoms with Gasteiger partial charge in [0, 0.05) is 31.2 Å². The second-order valence-electron chi connectivity index (χ2n) is 5.00. The van der Waals surface area contributed by atoms with E-state index in [9.17, 15) is 0 Å². The highest BCUT2D eigenvalue weighted by Gasteiger charge is 2.17. The van der Waals surface area contributed by atoms with E-state index in [0.717, 1.165) is 11.6 Å². The van der Waals surface area contributed by atoms with Crippen LogP contribution in [0.3, 0.4) is 0 Å². The first-order valence-corrected chi connectivity index (χ1v) is 6.50. The molecule has 1 N–H and O–H groups in total. The molecule has 3 aromatic rings. The number of hydrogen-bond donors (Lipinski definition) is 1. The summed E-state index contributed by atoms with van der Waals surface area (Å²) >= 11 is 0. The number of nitrogens with one attached hydrogen (secondary N) is 1. The van der Waals surface area contributed by atoms with Crippen molar-refractivity contribution in [1.29, 1.82) is 0 Å². The molecule has 0 atom stereocenters. The number of benzene rings is 1. The molecule has 0 aliphatic rings. The summed E-state index contributed by atoms with van der Waals surface area (Å²) in [5.41, 5.74) is 5.71. The fourth-order valence-corrected chi connectivity index (χ4v) is 2.44. The van der Waals surface area contributed by atoms with Gasteiger partial charge in [-0.3, -0.25) is 5.01 Å². The largest absolute Gasteiger partial charge is 0.365 e. The highest BCUT2D eigenvalue weighted by molar-refractivity contribution is 5.93. The molecule has 0 saturated heterocycles. The first-order chi connectivity index (χ1) is 9.58. The lowest BCUT2D eigenvalue weighted by Crippen LogP contribution is -2.37. The number of para-hydroxylation sites is 1. The zero-order valence-electron chi connectivity index (χ0n) is 12.2. The van der Waals surface area contributed by atoms with Crippen molar-refractivity contribution in [1.82, 2.24) is 14.3 Å². The van der Waals surface area contributed by atoms with Crippen LogP contribution in [0.4, 0.5) is 11.6 Å². The van der Waals surface area contributed by atoms with Gasteiger partial charge in [-0.05, 0) is 11.2 Å². The predicted molar refractivity (Wildman–Crippen MR) is 79.3 cm³/mol. The summed E-state index contributed by atoms with van der Waals surface area (Å²) in [6.07, 6.45) is 3.90. The molecular weight excluding hydrogens is 252 g/mol. The van der Waals surface area contributed by atoms with Gasteiger partial charge >= 0.3 is 5.95 Å². The summed E-state index contributed by atoms with van der Waals surface area (Å²) in [7, 11) is 7.95. The van der Waals surface area contributed by atoms with Gasteiger partial charge in [0.05, 0.1) is 19.8 Å². The molecule has 0 unspecified atom stereocenters. The van der Waals surface area contributed by atoms with Gasteiger partial charge in [0.25, 0.3) is 0 Å². The molecule has 6 nitrogen and oxygen atoms in total. The number of hydrogen-bond acceptors (Lipinski definition) is 3. The number of aryl methyl sites for hydroxylation is 3. The highest BCUT2D eigenvalue weighted by Crippen LogP contribution is 2.27. The highest BCUT2D eigenvalue weighted by atomic mass is 15.6. The molecule has 0 bridgehead atoms. The van der Waals surface area contributed by atoms with Gasteiger partial charge in [-0.25, -0.2) is 4.57 Å². The van der Waals surface area contributed by atoms with Crippen LogP contribution in [0.5, 0.6) is 0 Å². The van der Waals surface area contributed by atoms with E-state index in [4.69, 9.17) is 0 Å². The molecule has 0 fully saturated rings. The molecular formula is C14H19N6+. The molecule has 104 valence electrons. The van der Waals surface area contributed by atoms with E-state index in [1.165, 1.54) is 10.9 Å². The molecule has 2 heterocycles. The SMILES string of the molecule is CN(Nc1n(C)nc[n+]1C)c1cn(C)c2ccccc12. The standard InChI is InChI=1S/C14H18N6/c1-17-9-13(11-7-5-6-8-12(11)17)19(3)16-14-18(2)10-15-20(14)4/h5-10H,1-4H3/p+1. The van der Waals surface area contributed by atoms with Gasteiger partial charge in [-0.2, -0.15) is 5.43 Å². The van der Waals surface area contributed by atoms with Crippen LogP contribution in [0, 0.1) is 0 Å². The molecule has 0 amide bonds. The Morgan fingerprint density at radius 2 is 2.00 bits per heavy atom. The first-order valence-electron chi connectivity index (χ1n) is 6.50. The summed E-state index contributed by atoms with van der Waals surface area (Å²) in [5, 5.41) is 7.45. The van der Waals surface area contributed by atoms with Crippen LogP contribution in [0.15, 0.2) is 36.8 Å². The minimum absolute atomic E-state index is 0.917. The zero-order valence-corrected chi connectivity index (χ0v) is 12.2. The summed E-state index contributed by atoms with van der Waals surface area (Å²) in [5.74, 6) is 0.917. The summed E-state index contributed by atoms with van der Waals surface area (Å²) in [6.45, 7) is 0. The molecule has 0 spiro atoms. The van der Waals surface area contributed by atoms with E-state index in [1.807, 2.05) is 35.4 Å². The van der Waals surface area contributed by atoms with Crippen LogP contribution in [-0.4, -0.2) is 21.4 Å².